The van der Waals surface area contributed by atoms with Crippen molar-refractivity contribution in [1.82, 2.24) is 19.7 Å². The van der Waals surface area contributed by atoms with Gasteiger partial charge in [0.25, 0.3) is 0 Å². The minimum atomic E-state index is -0.179. The first-order chi connectivity index (χ1) is 11.4. The second-order valence-corrected chi connectivity index (χ2v) is 6.99. The first-order valence-electron chi connectivity index (χ1n) is 7.97. The van der Waals surface area contributed by atoms with Gasteiger partial charge in [0.1, 0.15) is 17.5 Å². The second kappa shape index (κ2) is 5.12. The number of hydrogen-bond acceptors (Lipinski definition) is 5. The zero-order valence-corrected chi connectivity index (χ0v) is 13.9. The summed E-state index contributed by atoms with van der Waals surface area (Å²) in [6, 6.07) is 5.56. The Kier molecular flexibility index (Phi) is 3.16. The monoisotopic (exact) mass is 322 g/mol. The maximum Gasteiger partial charge on any atom is 0.233 e. The van der Waals surface area contributed by atoms with Crippen LogP contribution in [0.15, 0.2) is 30.7 Å². The van der Waals surface area contributed by atoms with Crippen LogP contribution in [-0.2, 0) is 12.0 Å². The highest BCUT2D eigenvalue weighted by Gasteiger charge is 2.22. The molecule has 0 radical (unpaired) electrons. The van der Waals surface area contributed by atoms with Gasteiger partial charge < -0.3 is 4.74 Å². The number of ketones is 1. The van der Waals surface area contributed by atoms with Crippen molar-refractivity contribution < 1.29 is 9.53 Å². The van der Waals surface area contributed by atoms with Crippen molar-refractivity contribution in [2.45, 2.75) is 39.2 Å². The molecule has 1 aliphatic carbocycles. The molecule has 0 aliphatic heterocycles. The molecule has 6 heteroatoms. The first-order valence-corrected chi connectivity index (χ1v) is 7.97. The van der Waals surface area contributed by atoms with Crippen LogP contribution in [0.4, 0.5) is 0 Å². The Hall–Kier alpha value is -2.76. The molecule has 122 valence electrons. The molecule has 4 rings (SSSR count). The number of aromatic nitrogens is 4. The second-order valence-electron chi connectivity index (χ2n) is 6.99. The number of hydrogen-bond donors (Lipinski definition) is 0. The smallest absolute Gasteiger partial charge is 0.233 e. The Morgan fingerprint density at radius 3 is 2.79 bits per heavy atom. The van der Waals surface area contributed by atoms with E-state index in [1.54, 1.807) is 6.20 Å². The van der Waals surface area contributed by atoms with Crippen LogP contribution < -0.4 is 4.74 Å². The van der Waals surface area contributed by atoms with Gasteiger partial charge in [0.15, 0.2) is 11.4 Å². The summed E-state index contributed by atoms with van der Waals surface area (Å²) in [4.78, 5) is 20.3. The first kappa shape index (κ1) is 14.8. The summed E-state index contributed by atoms with van der Waals surface area (Å²) < 4.78 is 7.82. The van der Waals surface area contributed by atoms with E-state index in [-0.39, 0.29) is 11.3 Å². The number of nitrogens with zero attached hydrogens (tertiary/aromatic N) is 4. The predicted octanol–water partition coefficient (Wildman–Crippen LogP) is 3.50. The quantitative estimate of drug-likeness (QED) is 0.722. The molecule has 1 aromatic carbocycles. The molecule has 2 heterocycles. The largest absolute Gasteiger partial charge is 0.438 e. The lowest BCUT2D eigenvalue weighted by Crippen LogP contribution is -2.23. The SMILES string of the molecule is CC(C)(C)n1ncc2c(Oc3ccc4c(c3)CCC4=O)ncnc21. The lowest BCUT2D eigenvalue weighted by atomic mass is 10.1. The van der Waals surface area contributed by atoms with Gasteiger partial charge in [0, 0.05) is 12.0 Å². The zero-order chi connectivity index (χ0) is 16.9. The molecule has 0 fully saturated rings. The van der Waals surface area contributed by atoms with Crippen LogP contribution in [0, 0.1) is 0 Å². The molecular weight excluding hydrogens is 304 g/mol. The van der Waals surface area contributed by atoms with Crippen molar-refractivity contribution in [2.24, 2.45) is 0 Å². The lowest BCUT2D eigenvalue weighted by Gasteiger charge is -2.19. The zero-order valence-electron chi connectivity index (χ0n) is 13.9. The van der Waals surface area contributed by atoms with Crippen molar-refractivity contribution in [3.63, 3.8) is 0 Å². The number of Topliss-reactive ketones (excluding diaryl/α,β-unsaturated/α-hetero) is 1. The summed E-state index contributed by atoms with van der Waals surface area (Å²) in [5.41, 5.74) is 2.40. The number of carbonyl (C=O) groups excluding carboxylic acids is 1. The average molecular weight is 322 g/mol. The molecule has 24 heavy (non-hydrogen) atoms. The molecule has 0 amide bonds. The van der Waals surface area contributed by atoms with E-state index < -0.39 is 0 Å². The fourth-order valence-corrected chi connectivity index (χ4v) is 3.00. The molecule has 0 unspecified atom stereocenters. The van der Waals surface area contributed by atoms with Gasteiger partial charge in [-0.2, -0.15) is 5.10 Å². The Morgan fingerprint density at radius 2 is 2.00 bits per heavy atom. The van der Waals surface area contributed by atoms with Gasteiger partial charge in [-0.1, -0.05) is 0 Å². The Labute approximate surface area is 139 Å². The molecule has 1 aliphatic rings. The van der Waals surface area contributed by atoms with Gasteiger partial charge in [0.05, 0.1) is 11.7 Å². The number of ether oxygens (including phenoxy) is 1. The Bertz CT molecular complexity index is 953. The third-order valence-corrected chi connectivity index (χ3v) is 4.18. The molecule has 2 aromatic heterocycles. The van der Waals surface area contributed by atoms with E-state index in [4.69, 9.17) is 4.74 Å². The van der Waals surface area contributed by atoms with Crippen molar-refractivity contribution in [1.29, 1.82) is 0 Å². The van der Waals surface area contributed by atoms with E-state index in [2.05, 4.69) is 35.8 Å². The minimum Gasteiger partial charge on any atom is -0.438 e. The van der Waals surface area contributed by atoms with Crippen LogP contribution in [-0.4, -0.2) is 25.5 Å². The van der Waals surface area contributed by atoms with Crippen LogP contribution >= 0.6 is 0 Å². The number of rotatable bonds is 2. The van der Waals surface area contributed by atoms with E-state index in [1.807, 2.05) is 22.9 Å². The maximum absolute atomic E-state index is 11.7. The Balaban J connectivity index is 1.73. The van der Waals surface area contributed by atoms with Crippen LogP contribution in [0.2, 0.25) is 0 Å². The van der Waals surface area contributed by atoms with Gasteiger partial charge in [-0.15, -0.1) is 0 Å². The van der Waals surface area contributed by atoms with Crippen molar-refractivity contribution in [2.75, 3.05) is 0 Å². The third-order valence-electron chi connectivity index (χ3n) is 4.18. The van der Waals surface area contributed by atoms with Crippen molar-refractivity contribution in [3.8, 4) is 11.6 Å². The van der Waals surface area contributed by atoms with E-state index >= 15 is 0 Å². The standard InChI is InChI=1S/C18H18N4O2/c1-18(2,3)22-16-14(9-21-22)17(20-10-19-16)24-12-5-6-13-11(8-12)4-7-15(13)23/h5-6,8-10H,4,7H2,1-3H3. The highest BCUT2D eigenvalue weighted by molar-refractivity contribution is 6.00. The molecule has 0 atom stereocenters. The molecule has 0 bridgehead atoms. The summed E-state index contributed by atoms with van der Waals surface area (Å²) in [6.45, 7) is 6.21. The fraction of sp³-hybridized carbons (Fsp3) is 0.333. The van der Waals surface area contributed by atoms with E-state index in [9.17, 15) is 4.79 Å². The molecule has 0 saturated carbocycles. The number of carbonyl (C=O) groups is 1. The molecule has 6 nitrogen and oxygen atoms in total. The van der Waals surface area contributed by atoms with Gasteiger partial charge in [-0.05, 0) is 51.0 Å². The van der Waals surface area contributed by atoms with Crippen molar-refractivity contribution >= 4 is 16.8 Å². The van der Waals surface area contributed by atoms with Crippen LogP contribution in [0.1, 0.15) is 43.1 Å². The van der Waals surface area contributed by atoms with E-state index in [0.717, 1.165) is 28.6 Å². The highest BCUT2D eigenvalue weighted by atomic mass is 16.5. The third kappa shape index (κ3) is 2.35. The molecular formula is C18H18N4O2. The van der Waals surface area contributed by atoms with Gasteiger partial charge in [0.2, 0.25) is 5.88 Å². The van der Waals surface area contributed by atoms with Crippen LogP contribution in [0.5, 0.6) is 11.6 Å². The summed E-state index contributed by atoms with van der Waals surface area (Å²) in [5.74, 6) is 1.35. The minimum absolute atomic E-state index is 0.179. The van der Waals surface area contributed by atoms with Crippen molar-refractivity contribution in [3.05, 3.63) is 41.9 Å². The van der Waals surface area contributed by atoms with Gasteiger partial charge in [-0.3, -0.25) is 4.79 Å². The molecule has 0 N–H and O–H groups in total. The van der Waals surface area contributed by atoms with E-state index in [0.29, 0.717) is 18.1 Å². The van der Waals surface area contributed by atoms with Gasteiger partial charge >= 0.3 is 0 Å². The Morgan fingerprint density at radius 1 is 1.17 bits per heavy atom. The van der Waals surface area contributed by atoms with Crippen LogP contribution in [0.3, 0.4) is 0 Å². The summed E-state index contributed by atoms with van der Waals surface area (Å²) in [5, 5.41) is 5.19. The molecule has 0 saturated heterocycles. The van der Waals surface area contributed by atoms with Crippen LogP contribution in [0.25, 0.3) is 11.0 Å². The molecule has 3 aromatic rings. The topological polar surface area (TPSA) is 69.9 Å². The highest BCUT2D eigenvalue weighted by Crippen LogP contribution is 2.31. The number of aryl methyl sites for hydroxylation is 1. The number of benzene rings is 1. The summed E-state index contributed by atoms with van der Waals surface area (Å²) in [6.07, 6.45) is 4.56. The molecule has 0 spiro atoms. The summed E-state index contributed by atoms with van der Waals surface area (Å²) in [7, 11) is 0. The average Bonchev–Trinajstić information content (AvgIpc) is 3.12. The normalized spacial score (nSPS) is 14.2. The summed E-state index contributed by atoms with van der Waals surface area (Å²) >= 11 is 0. The van der Waals surface area contributed by atoms with E-state index in [1.165, 1.54) is 6.33 Å². The predicted molar refractivity (Wildman–Crippen MR) is 89.5 cm³/mol. The number of fused-ring (bicyclic) bond motifs is 2. The lowest BCUT2D eigenvalue weighted by molar-refractivity contribution is 0.0994. The fourth-order valence-electron chi connectivity index (χ4n) is 3.00. The maximum atomic E-state index is 11.7. The van der Waals surface area contributed by atoms with Gasteiger partial charge in [-0.25, -0.2) is 14.6 Å².